The van der Waals surface area contributed by atoms with E-state index in [1.165, 1.54) is 0 Å². The standard InChI is InChI=1S/C12H22O2/c1-2-3-10(13)11-4-7-12(14,8-5-11)9-6-11/h10,13-14H,2-9H2,1H3/t10-,11?,12?/m1/s1. The molecule has 3 fully saturated rings. The molecule has 2 N–H and O–H groups in total. The van der Waals surface area contributed by atoms with Crippen molar-refractivity contribution < 1.29 is 10.2 Å². The normalized spacial score (nSPS) is 43.9. The van der Waals surface area contributed by atoms with Crippen molar-refractivity contribution in [2.75, 3.05) is 0 Å². The van der Waals surface area contributed by atoms with Gasteiger partial charge in [0.05, 0.1) is 11.7 Å². The summed E-state index contributed by atoms with van der Waals surface area (Å²) >= 11 is 0. The molecule has 0 spiro atoms. The van der Waals surface area contributed by atoms with E-state index >= 15 is 0 Å². The highest BCUT2D eigenvalue weighted by Gasteiger charge is 2.50. The van der Waals surface area contributed by atoms with Crippen molar-refractivity contribution in [1.82, 2.24) is 0 Å². The largest absolute Gasteiger partial charge is 0.393 e. The lowest BCUT2D eigenvalue weighted by Gasteiger charge is -2.53. The van der Waals surface area contributed by atoms with Crippen molar-refractivity contribution in [3.63, 3.8) is 0 Å². The first kappa shape index (κ1) is 10.4. The number of hydrogen-bond donors (Lipinski definition) is 2. The molecule has 3 saturated carbocycles. The van der Waals surface area contributed by atoms with Crippen LogP contribution >= 0.6 is 0 Å². The van der Waals surface area contributed by atoms with E-state index in [4.69, 9.17) is 0 Å². The number of aliphatic hydroxyl groups is 2. The number of hydrogen-bond acceptors (Lipinski definition) is 2. The van der Waals surface area contributed by atoms with Gasteiger partial charge in [-0.25, -0.2) is 0 Å². The minimum atomic E-state index is -0.367. The highest BCUT2D eigenvalue weighted by atomic mass is 16.3. The Balaban J connectivity index is 2.04. The van der Waals surface area contributed by atoms with Crippen LogP contribution in [-0.4, -0.2) is 21.9 Å². The van der Waals surface area contributed by atoms with E-state index in [2.05, 4.69) is 6.92 Å². The Labute approximate surface area is 86.3 Å². The molecule has 0 radical (unpaired) electrons. The van der Waals surface area contributed by atoms with Crippen LogP contribution in [0, 0.1) is 5.41 Å². The van der Waals surface area contributed by atoms with Gasteiger partial charge in [0.15, 0.2) is 0 Å². The van der Waals surface area contributed by atoms with Crippen LogP contribution in [0.1, 0.15) is 58.3 Å². The molecule has 2 heteroatoms. The van der Waals surface area contributed by atoms with Crippen molar-refractivity contribution in [1.29, 1.82) is 0 Å². The van der Waals surface area contributed by atoms with E-state index < -0.39 is 0 Å². The van der Waals surface area contributed by atoms with Crippen LogP contribution in [0.15, 0.2) is 0 Å². The molecule has 1 atom stereocenters. The number of rotatable bonds is 3. The lowest BCUT2D eigenvalue weighted by atomic mass is 9.56. The number of aliphatic hydroxyl groups excluding tert-OH is 1. The second kappa shape index (κ2) is 3.49. The Kier molecular flexibility index (Phi) is 2.61. The van der Waals surface area contributed by atoms with E-state index in [1.54, 1.807) is 0 Å². The van der Waals surface area contributed by atoms with Crippen LogP contribution in [0.25, 0.3) is 0 Å². The Morgan fingerprint density at radius 2 is 1.57 bits per heavy atom. The van der Waals surface area contributed by atoms with Gasteiger partial charge in [-0.2, -0.15) is 0 Å². The van der Waals surface area contributed by atoms with Crippen LogP contribution in [-0.2, 0) is 0 Å². The van der Waals surface area contributed by atoms with E-state index in [1.807, 2.05) is 0 Å². The maximum Gasteiger partial charge on any atom is 0.0648 e. The van der Waals surface area contributed by atoms with Gasteiger partial charge in [-0.05, 0) is 50.4 Å². The quantitative estimate of drug-likeness (QED) is 0.730. The molecule has 0 aromatic rings. The zero-order valence-electron chi connectivity index (χ0n) is 9.13. The Morgan fingerprint density at radius 3 is 2.00 bits per heavy atom. The lowest BCUT2D eigenvalue weighted by molar-refractivity contribution is -0.134. The van der Waals surface area contributed by atoms with Crippen LogP contribution < -0.4 is 0 Å². The molecule has 0 saturated heterocycles. The Morgan fingerprint density at radius 1 is 1.07 bits per heavy atom. The van der Waals surface area contributed by atoms with Crippen molar-refractivity contribution in [2.45, 2.75) is 70.0 Å². The third kappa shape index (κ3) is 1.59. The fourth-order valence-electron chi connectivity index (χ4n) is 3.27. The summed E-state index contributed by atoms with van der Waals surface area (Å²) in [4.78, 5) is 0. The van der Waals surface area contributed by atoms with Gasteiger partial charge >= 0.3 is 0 Å². The van der Waals surface area contributed by atoms with Crippen molar-refractivity contribution in [3.8, 4) is 0 Å². The van der Waals surface area contributed by atoms with Crippen LogP contribution in [0.3, 0.4) is 0 Å². The molecule has 82 valence electrons. The summed E-state index contributed by atoms with van der Waals surface area (Å²) in [6.45, 7) is 2.13. The maximum absolute atomic E-state index is 10.2. The molecule has 0 amide bonds. The Hall–Kier alpha value is -0.0800. The monoisotopic (exact) mass is 198 g/mol. The third-order valence-electron chi connectivity index (χ3n) is 4.53. The first-order chi connectivity index (χ1) is 6.60. The molecule has 0 heterocycles. The molecule has 0 aliphatic heterocycles. The predicted octanol–water partition coefficient (Wildman–Crippen LogP) is 2.23. The summed E-state index contributed by atoms with van der Waals surface area (Å²) in [7, 11) is 0. The van der Waals surface area contributed by atoms with Crippen LogP contribution in [0.5, 0.6) is 0 Å². The summed E-state index contributed by atoms with van der Waals surface area (Å²) in [5.41, 5.74) is -0.200. The summed E-state index contributed by atoms with van der Waals surface area (Å²) in [5.74, 6) is 0. The molecule has 3 rings (SSSR count). The van der Waals surface area contributed by atoms with Gasteiger partial charge in [0.1, 0.15) is 0 Å². The van der Waals surface area contributed by atoms with Gasteiger partial charge in [-0.3, -0.25) is 0 Å². The van der Waals surface area contributed by atoms with Gasteiger partial charge in [-0.15, -0.1) is 0 Å². The first-order valence-corrected chi connectivity index (χ1v) is 6.01. The first-order valence-electron chi connectivity index (χ1n) is 6.01. The van der Waals surface area contributed by atoms with Crippen molar-refractivity contribution in [2.24, 2.45) is 5.41 Å². The highest BCUT2D eigenvalue weighted by Crippen LogP contribution is 2.54. The zero-order chi connectivity index (χ0) is 10.2. The van der Waals surface area contributed by atoms with Gasteiger partial charge in [0.25, 0.3) is 0 Å². The summed E-state index contributed by atoms with van der Waals surface area (Å²) < 4.78 is 0. The molecule has 3 aliphatic carbocycles. The molecule has 0 aromatic carbocycles. The lowest BCUT2D eigenvalue weighted by Crippen LogP contribution is -2.50. The topological polar surface area (TPSA) is 40.5 Å². The molecule has 2 nitrogen and oxygen atoms in total. The van der Waals surface area contributed by atoms with Crippen molar-refractivity contribution in [3.05, 3.63) is 0 Å². The predicted molar refractivity (Wildman–Crippen MR) is 56.0 cm³/mol. The summed E-state index contributed by atoms with van der Waals surface area (Å²) in [6, 6.07) is 0. The minimum Gasteiger partial charge on any atom is -0.393 e. The molecule has 0 aromatic heterocycles. The van der Waals surface area contributed by atoms with Crippen molar-refractivity contribution >= 4 is 0 Å². The second-order valence-corrected chi connectivity index (χ2v) is 5.39. The fraction of sp³-hybridized carbons (Fsp3) is 1.00. The molecule has 2 bridgehead atoms. The van der Waals surface area contributed by atoms with E-state index in [0.29, 0.717) is 0 Å². The van der Waals surface area contributed by atoms with Gasteiger partial charge in [0.2, 0.25) is 0 Å². The molecule has 14 heavy (non-hydrogen) atoms. The summed E-state index contributed by atoms with van der Waals surface area (Å²) in [6.07, 6.45) is 7.69. The Bertz CT molecular complexity index is 188. The zero-order valence-corrected chi connectivity index (χ0v) is 9.13. The number of fused-ring (bicyclic) bond motifs is 3. The fourth-order valence-corrected chi connectivity index (χ4v) is 3.27. The smallest absolute Gasteiger partial charge is 0.0648 e. The van der Waals surface area contributed by atoms with E-state index in [-0.39, 0.29) is 17.1 Å². The van der Waals surface area contributed by atoms with Crippen LogP contribution in [0.4, 0.5) is 0 Å². The average molecular weight is 198 g/mol. The molecular formula is C12H22O2. The van der Waals surface area contributed by atoms with Crippen LogP contribution in [0.2, 0.25) is 0 Å². The van der Waals surface area contributed by atoms with Gasteiger partial charge < -0.3 is 10.2 Å². The van der Waals surface area contributed by atoms with Gasteiger partial charge in [0, 0.05) is 0 Å². The average Bonchev–Trinajstić information content (AvgIpc) is 2.20. The molecule has 0 unspecified atom stereocenters. The SMILES string of the molecule is CCC[C@@H](O)C12CCC(O)(CC1)CC2. The summed E-state index contributed by atoms with van der Waals surface area (Å²) in [5, 5.41) is 20.2. The molecule has 3 aliphatic rings. The molecular weight excluding hydrogens is 176 g/mol. The highest BCUT2D eigenvalue weighted by molar-refractivity contribution is 5.02. The van der Waals surface area contributed by atoms with Gasteiger partial charge in [-0.1, -0.05) is 13.3 Å². The minimum absolute atomic E-state index is 0.127. The second-order valence-electron chi connectivity index (χ2n) is 5.39. The van der Waals surface area contributed by atoms with E-state index in [0.717, 1.165) is 51.4 Å². The third-order valence-corrected chi connectivity index (χ3v) is 4.53. The maximum atomic E-state index is 10.2. The van der Waals surface area contributed by atoms with E-state index in [9.17, 15) is 10.2 Å².